The van der Waals surface area contributed by atoms with E-state index in [0.29, 0.717) is 6.42 Å². The first-order valence-corrected chi connectivity index (χ1v) is 12.5. The number of nitrogens with one attached hydrogen (secondary N) is 1. The Balaban J connectivity index is 1.47. The first-order chi connectivity index (χ1) is 16.5. The summed E-state index contributed by atoms with van der Waals surface area (Å²) in [5, 5.41) is 14.2. The van der Waals surface area contributed by atoms with Crippen molar-refractivity contribution in [2.75, 3.05) is 11.1 Å². The highest BCUT2D eigenvalue weighted by molar-refractivity contribution is 7.99. The van der Waals surface area contributed by atoms with E-state index < -0.39 is 0 Å². The van der Waals surface area contributed by atoms with Crippen molar-refractivity contribution in [3.63, 3.8) is 0 Å². The van der Waals surface area contributed by atoms with Gasteiger partial charge in [-0.25, -0.2) is 0 Å². The first-order valence-electron chi connectivity index (χ1n) is 11.5. The van der Waals surface area contributed by atoms with Gasteiger partial charge in [0.1, 0.15) is 5.75 Å². The number of hydrogen-bond donors (Lipinski definition) is 2. The monoisotopic (exact) mass is 467 g/mol. The van der Waals surface area contributed by atoms with E-state index >= 15 is 0 Å². The van der Waals surface area contributed by atoms with Crippen molar-refractivity contribution < 1.29 is 9.90 Å². The second kappa shape index (κ2) is 11.1. The predicted molar refractivity (Wildman–Crippen MR) is 143 cm³/mol. The number of benzene rings is 4. The number of carbonyl (C=O) groups is 1. The van der Waals surface area contributed by atoms with Crippen molar-refractivity contribution in [2.24, 2.45) is 0 Å². The van der Waals surface area contributed by atoms with E-state index in [0.717, 1.165) is 56.1 Å². The number of carbonyl (C=O) groups excluding carboxylic acids is 1. The van der Waals surface area contributed by atoms with Gasteiger partial charge in [0.05, 0.1) is 0 Å². The molecule has 0 heterocycles. The van der Waals surface area contributed by atoms with E-state index in [-0.39, 0.29) is 11.7 Å². The van der Waals surface area contributed by atoms with E-state index in [1.54, 1.807) is 11.8 Å². The van der Waals surface area contributed by atoms with Crippen LogP contribution in [0, 0.1) is 13.8 Å². The van der Waals surface area contributed by atoms with Crippen LogP contribution in [0.25, 0.3) is 22.3 Å². The molecule has 0 aliphatic carbocycles. The molecule has 4 aromatic carbocycles. The zero-order chi connectivity index (χ0) is 23.9. The highest BCUT2D eigenvalue weighted by atomic mass is 32.2. The van der Waals surface area contributed by atoms with Gasteiger partial charge >= 0.3 is 0 Å². The molecule has 0 saturated heterocycles. The number of aryl methyl sites for hydroxylation is 2. The van der Waals surface area contributed by atoms with E-state index in [1.165, 1.54) is 0 Å². The number of rotatable bonds is 8. The molecule has 3 nitrogen and oxygen atoms in total. The largest absolute Gasteiger partial charge is 0.507 e. The zero-order valence-corrected chi connectivity index (χ0v) is 20.4. The number of hydrogen-bond acceptors (Lipinski definition) is 3. The van der Waals surface area contributed by atoms with Crippen LogP contribution in [0.2, 0.25) is 0 Å². The molecule has 0 unspecified atom stereocenters. The SMILES string of the molecule is Cc1cccc(C)c1NC(=O)CCCSc1cc(-c2ccccc2)c(O)c(-c2ccccc2)c1. The normalized spacial score (nSPS) is 10.8. The lowest BCUT2D eigenvalue weighted by molar-refractivity contribution is -0.116. The van der Waals surface area contributed by atoms with Gasteiger partial charge < -0.3 is 10.4 Å². The Morgan fingerprint density at radius 1 is 0.794 bits per heavy atom. The van der Waals surface area contributed by atoms with Gasteiger partial charge in [0, 0.05) is 28.1 Å². The molecule has 0 radical (unpaired) electrons. The molecule has 0 aliphatic heterocycles. The smallest absolute Gasteiger partial charge is 0.224 e. The lowest BCUT2D eigenvalue weighted by atomic mass is 9.97. The molecular weight excluding hydrogens is 438 g/mol. The minimum Gasteiger partial charge on any atom is -0.507 e. The molecule has 0 aromatic heterocycles. The predicted octanol–water partition coefficient (Wildman–Crippen LogP) is 7.85. The van der Waals surface area contributed by atoms with E-state index in [9.17, 15) is 9.90 Å². The van der Waals surface area contributed by atoms with Gasteiger partial charge in [0.25, 0.3) is 0 Å². The summed E-state index contributed by atoms with van der Waals surface area (Å²) in [6, 6.07) is 30.0. The van der Waals surface area contributed by atoms with Crippen LogP contribution in [0.4, 0.5) is 5.69 Å². The van der Waals surface area contributed by atoms with Gasteiger partial charge in [-0.05, 0) is 60.4 Å². The lowest BCUT2D eigenvalue weighted by Crippen LogP contribution is -2.13. The maximum Gasteiger partial charge on any atom is 0.224 e. The van der Waals surface area contributed by atoms with E-state index in [4.69, 9.17) is 0 Å². The molecule has 0 atom stereocenters. The Hall–Kier alpha value is -3.50. The molecule has 4 aromatic rings. The summed E-state index contributed by atoms with van der Waals surface area (Å²) in [7, 11) is 0. The molecule has 2 N–H and O–H groups in total. The molecular formula is C30H29NO2S. The number of aromatic hydroxyl groups is 1. The second-order valence-corrected chi connectivity index (χ2v) is 9.53. The van der Waals surface area contributed by atoms with Crippen molar-refractivity contribution >= 4 is 23.4 Å². The second-order valence-electron chi connectivity index (χ2n) is 8.37. The molecule has 1 amide bonds. The Morgan fingerprint density at radius 3 is 1.85 bits per heavy atom. The Labute approximate surface area is 205 Å². The van der Waals surface area contributed by atoms with Crippen molar-refractivity contribution in [1.29, 1.82) is 0 Å². The third-order valence-corrected chi connectivity index (χ3v) is 6.88. The lowest BCUT2D eigenvalue weighted by Gasteiger charge is -2.14. The maximum atomic E-state index is 12.5. The molecule has 0 bridgehead atoms. The Kier molecular flexibility index (Phi) is 7.71. The van der Waals surface area contributed by atoms with Crippen molar-refractivity contribution in [3.8, 4) is 28.0 Å². The van der Waals surface area contributed by atoms with Gasteiger partial charge in [-0.2, -0.15) is 0 Å². The van der Waals surface area contributed by atoms with Gasteiger partial charge in [-0.1, -0.05) is 78.9 Å². The number of para-hydroxylation sites is 1. The van der Waals surface area contributed by atoms with Crippen LogP contribution < -0.4 is 5.32 Å². The number of anilines is 1. The number of phenols is 1. The Bertz CT molecular complexity index is 1190. The molecule has 34 heavy (non-hydrogen) atoms. The van der Waals surface area contributed by atoms with Gasteiger partial charge in [0.15, 0.2) is 0 Å². The fraction of sp³-hybridized carbons (Fsp3) is 0.167. The van der Waals surface area contributed by atoms with Gasteiger partial charge in [0.2, 0.25) is 5.91 Å². The van der Waals surface area contributed by atoms with Crippen LogP contribution in [0.1, 0.15) is 24.0 Å². The first kappa shape index (κ1) is 23.7. The van der Waals surface area contributed by atoms with Crippen molar-refractivity contribution in [2.45, 2.75) is 31.6 Å². The van der Waals surface area contributed by atoms with Crippen LogP contribution >= 0.6 is 11.8 Å². The zero-order valence-electron chi connectivity index (χ0n) is 19.5. The average molecular weight is 468 g/mol. The molecule has 0 saturated carbocycles. The third-order valence-electron chi connectivity index (χ3n) is 5.82. The van der Waals surface area contributed by atoms with E-state index in [2.05, 4.69) is 5.32 Å². The standard InChI is InChI=1S/C30H29NO2S/c1-21-11-9-12-22(2)29(21)31-28(32)17-10-18-34-25-19-26(23-13-5-3-6-14-23)30(33)27(20-25)24-15-7-4-8-16-24/h3-9,11-16,19-20,33H,10,17-18H2,1-2H3,(H,31,32). The summed E-state index contributed by atoms with van der Waals surface area (Å²) in [6.45, 7) is 4.02. The molecule has 4 heteroatoms. The summed E-state index contributed by atoms with van der Waals surface area (Å²) in [4.78, 5) is 13.6. The molecule has 172 valence electrons. The number of phenolic OH excluding ortho intramolecular Hbond substituents is 1. The van der Waals surface area contributed by atoms with Crippen LogP contribution in [-0.4, -0.2) is 16.8 Å². The summed E-state index contributed by atoms with van der Waals surface area (Å²) in [5.74, 6) is 1.14. The number of amides is 1. The molecule has 0 aliphatic rings. The molecule has 4 rings (SSSR count). The summed E-state index contributed by atoms with van der Waals surface area (Å²) >= 11 is 1.71. The van der Waals surface area contributed by atoms with Crippen molar-refractivity contribution in [1.82, 2.24) is 0 Å². The minimum absolute atomic E-state index is 0.0404. The molecule has 0 fully saturated rings. The maximum absolute atomic E-state index is 12.5. The van der Waals surface area contributed by atoms with Crippen LogP contribution in [-0.2, 0) is 4.79 Å². The van der Waals surface area contributed by atoms with Gasteiger partial charge in [-0.15, -0.1) is 11.8 Å². The minimum atomic E-state index is 0.0404. The van der Waals surface area contributed by atoms with Crippen LogP contribution in [0.15, 0.2) is 95.9 Å². The van der Waals surface area contributed by atoms with E-state index in [1.807, 2.05) is 105 Å². The summed E-state index contributed by atoms with van der Waals surface area (Å²) < 4.78 is 0. The van der Waals surface area contributed by atoms with Crippen LogP contribution in [0.5, 0.6) is 5.75 Å². The fourth-order valence-corrected chi connectivity index (χ4v) is 4.93. The third kappa shape index (κ3) is 5.70. The summed E-state index contributed by atoms with van der Waals surface area (Å²) in [5.41, 5.74) is 6.66. The Morgan fingerprint density at radius 2 is 1.32 bits per heavy atom. The number of thioether (sulfide) groups is 1. The average Bonchev–Trinajstić information content (AvgIpc) is 2.86. The highest BCUT2D eigenvalue weighted by Gasteiger charge is 2.14. The van der Waals surface area contributed by atoms with Crippen molar-refractivity contribution in [3.05, 3.63) is 102 Å². The molecule has 0 spiro atoms. The summed E-state index contributed by atoms with van der Waals surface area (Å²) in [6.07, 6.45) is 1.24. The fourth-order valence-electron chi connectivity index (χ4n) is 4.00. The topological polar surface area (TPSA) is 49.3 Å². The quantitative estimate of drug-likeness (QED) is 0.205. The van der Waals surface area contributed by atoms with Gasteiger partial charge in [-0.3, -0.25) is 4.79 Å². The highest BCUT2D eigenvalue weighted by Crippen LogP contribution is 2.41. The van der Waals surface area contributed by atoms with Crippen LogP contribution in [0.3, 0.4) is 0 Å².